The number of alkyl halides is 4. The second-order valence-corrected chi connectivity index (χ2v) is 22.3. The molecule has 3 amide bonds. The fourth-order valence-electron chi connectivity index (χ4n) is 9.60. The number of hydrogen-bond acceptors (Lipinski definition) is 12. The van der Waals surface area contributed by atoms with E-state index in [4.69, 9.17) is 9.05 Å². The van der Waals surface area contributed by atoms with Crippen LogP contribution in [-0.4, -0.2) is 129 Å². The van der Waals surface area contributed by atoms with Gasteiger partial charge in [0.05, 0.1) is 19.8 Å². The van der Waals surface area contributed by atoms with E-state index in [0.717, 1.165) is 54.1 Å². The van der Waals surface area contributed by atoms with Gasteiger partial charge in [-0.2, -0.15) is 8.78 Å². The van der Waals surface area contributed by atoms with Crippen molar-refractivity contribution in [2.45, 2.75) is 120 Å². The smallest absolute Gasteiger partial charge is 0.340 e. The van der Waals surface area contributed by atoms with E-state index >= 15 is 8.78 Å². The van der Waals surface area contributed by atoms with Gasteiger partial charge in [-0.15, -0.1) is 0 Å². The number of likely N-dealkylation sites (tertiary alicyclic amines) is 1. The van der Waals surface area contributed by atoms with Gasteiger partial charge in [-0.1, -0.05) is 55.6 Å². The minimum Gasteiger partial charge on any atom is -0.340 e. The molecule has 1 spiro atoms. The molecule has 14 nitrogen and oxygen atoms in total. The molecule has 1 aliphatic carbocycles. The van der Waals surface area contributed by atoms with Gasteiger partial charge in [-0.3, -0.25) is 38.2 Å². The van der Waals surface area contributed by atoms with E-state index in [2.05, 4.69) is 10.3 Å². The molecule has 3 saturated heterocycles. The fourth-order valence-corrected chi connectivity index (χ4v) is 12.8. The molecule has 1 aromatic heterocycles. The molecule has 3 aromatic rings. The first-order valence-corrected chi connectivity index (χ1v) is 26.7. The second-order valence-electron chi connectivity index (χ2n) is 17.9. The summed E-state index contributed by atoms with van der Waals surface area (Å²) in [5.41, 5.74) is -4.80. The maximum atomic E-state index is 16.5. The number of pyridine rings is 1. The van der Waals surface area contributed by atoms with Crippen molar-refractivity contribution in [2.24, 2.45) is 0 Å². The van der Waals surface area contributed by atoms with E-state index in [1.165, 1.54) is 35.2 Å². The van der Waals surface area contributed by atoms with Gasteiger partial charge >= 0.3 is 13.3 Å². The van der Waals surface area contributed by atoms with Crippen LogP contribution in [0.15, 0.2) is 59.5 Å². The minimum atomic E-state index is -5.30. The number of halogens is 4. The predicted molar refractivity (Wildman–Crippen MR) is 252 cm³/mol. The highest BCUT2D eigenvalue weighted by molar-refractivity contribution is 8.13. The number of thioether (sulfide) groups is 2. The second kappa shape index (κ2) is 22.3. The van der Waals surface area contributed by atoms with Crippen LogP contribution >= 0.6 is 31.1 Å². The van der Waals surface area contributed by atoms with Crippen LogP contribution in [0.5, 0.6) is 0 Å². The van der Waals surface area contributed by atoms with Gasteiger partial charge in [0.25, 0.3) is 12.3 Å². The van der Waals surface area contributed by atoms with Gasteiger partial charge < -0.3 is 29.1 Å². The summed E-state index contributed by atoms with van der Waals surface area (Å²) in [4.78, 5) is 87.0. The van der Waals surface area contributed by atoms with Crippen LogP contribution in [0.4, 0.5) is 17.6 Å². The average molecular weight is 1010 g/mol. The molecular weight excluding hydrogens is 950 g/mol. The summed E-state index contributed by atoms with van der Waals surface area (Å²) in [6.07, 6.45) is 3.50. The Morgan fingerprint density at radius 1 is 0.897 bits per heavy atom. The summed E-state index contributed by atoms with van der Waals surface area (Å²) in [5, 5.41) is 3.01. The Hall–Kier alpha value is -4.07. The molecule has 4 aliphatic rings. The van der Waals surface area contributed by atoms with E-state index < -0.39 is 80.5 Å². The highest BCUT2D eigenvalue weighted by Gasteiger charge is 2.59. The highest BCUT2D eigenvalue weighted by Crippen LogP contribution is 2.67. The number of benzene rings is 2. The topological polar surface area (TPSA) is 175 Å². The maximum Gasteiger partial charge on any atom is 0.404 e. The summed E-state index contributed by atoms with van der Waals surface area (Å²) in [7, 11) is -5.30. The lowest BCUT2D eigenvalue weighted by atomic mass is 9.96. The van der Waals surface area contributed by atoms with Gasteiger partial charge in [-0.25, -0.2) is 8.78 Å². The van der Waals surface area contributed by atoms with Gasteiger partial charge in [0.2, 0.25) is 17.4 Å². The molecule has 7 rings (SSSR count). The molecule has 2 aromatic carbocycles. The quantitative estimate of drug-likeness (QED) is 0.0637. The van der Waals surface area contributed by atoms with Crippen molar-refractivity contribution in [1.29, 1.82) is 0 Å². The standard InChI is InChI=1S/C47H58F4N5O9PS2/c1-3-5-41(58)67-21-19-64-66(63,65-20-22-68-42(59)6-4-2)47(50,51)35-10-9-30-7-8-32(23-33(30)24-35)43(60)53-37-14-18-54(29-39(48)49)28-36-11-12-38(56(36)44(37)61)45(62)55-27-34(26-46(55)15-16-46)31-13-17-52-40(57)25-31/h7-10,13,17,23-25,34,36-39H,3-6,11-12,14-16,18-22,26-29H2,1-2H3,(H,52,57)(H,53,60)/t34?,36-,37+,38+/m1/s1. The molecule has 0 bridgehead atoms. The highest BCUT2D eigenvalue weighted by atomic mass is 32.2. The third kappa shape index (κ3) is 11.9. The zero-order valence-electron chi connectivity index (χ0n) is 38.1. The third-order valence-electron chi connectivity index (χ3n) is 13.1. The van der Waals surface area contributed by atoms with Crippen molar-refractivity contribution in [3.05, 3.63) is 81.8 Å². The third-order valence-corrected chi connectivity index (χ3v) is 16.9. The molecule has 4 fully saturated rings. The molecule has 0 radical (unpaired) electrons. The maximum absolute atomic E-state index is 16.5. The van der Waals surface area contributed by atoms with E-state index in [9.17, 15) is 42.1 Å². The zero-order chi connectivity index (χ0) is 48.8. The van der Waals surface area contributed by atoms with Crippen molar-refractivity contribution < 1.29 is 55.1 Å². The SMILES string of the molecule is CCCC(=O)SCCOP(=O)(OCCSC(=O)CCC)C(F)(F)c1ccc2ccc(C(=O)N[C@H]3CCN(CC(F)F)C[C@H]4CC[C@@H](C(=O)N5CC(c6cc[nH]c(=O)c6)CC56CC6)N4C3=O)cc2c1. The van der Waals surface area contributed by atoms with Gasteiger partial charge in [0.15, 0.2) is 10.2 Å². The first kappa shape index (κ1) is 51.8. The van der Waals surface area contributed by atoms with E-state index in [-0.39, 0.29) is 82.4 Å². The number of carbonyl (C=O) groups excluding carboxylic acids is 5. The van der Waals surface area contributed by atoms with Crippen molar-refractivity contribution in [3.63, 3.8) is 0 Å². The van der Waals surface area contributed by atoms with Crippen LogP contribution < -0.4 is 10.9 Å². The Morgan fingerprint density at radius 3 is 2.21 bits per heavy atom. The number of hydrogen-bond donors (Lipinski definition) is 2. The molecule has 1 saturated carbocycles. The molecule has 370 valence electrons. The molecule has 68 heavy (non-hydrogen) atoms. The summed E-state index contributed by atoms with van der Waals surface area (Å²) in [5.74, 6) is -1.70. The van der Waals surface area contributed by atoms with Crippen LogP contribution in [0.25, 0.3) is 10.8 Å². The van der Waals surface area contributed by atoms with Crippen LogP contribution in [0.3, 0.4) is 0 Å². The van der Waals surface area contributed by atoms with Crippen molar-refractivity contribution >= 4 is 69.8 Å². The van der Waals surface area contributed by atoms with E-state index in [0.29, 0.717) is 44.0 Å². The molecule has 3 aliphatic heterocycles. The molecule has 21 heteroatoms. The minimum absolute atomic E-state index is 0.0142. The normalized spacial score (nSPS) is 21.8. The Kier molecular flexibility index (Phi) is 17.0. The van der Waals surface area contributed by atoms with Crippen LogP contribution in [0.2, 0.25) is 0 Å². The lowest BCUT2D eigenvalue weighted by Crippen LogP contribution is -2.60. The lowest BCUT2D eigenvalue weighted by molar-refractivity contribution is -0.148. The van der Waals surface area contributed by atoms with Gasteiger partial charge in [-0.05, 0) is 92.0 Å². The fraction of sp³-hybridized carbons (Fsp3) is 0.574. The van der Waals surface area contributed by atoms with E-state index in [1.807, 2.05) is 24.8 Å². The number of aromatic amines is 1. The molecule has 4 atom stereocenters. The summed E-state index contributed by atoms with van der Waals surface area (Å²) in [6.45, 7) is 2.63. The predicted octanol–water partition coefficient (Wildman–Crippen LogP) is 7.90. The largest absolute Gasteiger partial charge is 0.404 e. The summed E-state index contributed by atoms with van der Waals surface area (Å²) >= 11 is 1.73. The molecule has 4 heterocycles. The average Bonchev–Trinajstić information content (AvgIpc) is 3.80. The van der Waals surface area contributed by atoms with Crippen LogP contribution in [0.1, 0.15) is 105 Å². The number of nitrogens with one attached hydrogen (secondary N) is 2. The van der Waals surface area contributed by atoms with E-state index in [1.54, 1.807) is 11.1 Å². The van der Waals surface area contributed by atoms with Crippen molar-refractivity contribution in [1.82, 2.24) is 25.0 Å². The van der Waals surface area contributed by atoms with Crippen molar-refractivity contribution in [3.8, 4) is 0 Å². The lowest BCUT2D eigenvalue weighted by Gasteiger charge is -2.40. The summed E-state index contributed by atoms with van der Waals surface area (Å²) < 4.78 is 85.4. The molecule has 2 N–H and O–H groups in total. The van der Waals surface area contributed by atoms with Crippen molar-refractivity contribution in [2.75, 3.05) is 50.9 Å². The Labute approximate surface area is 400 Å². The van der Waals surface area contributed by atoms with Crippen LogP contribution in [-0.2, 0) is 38.5 Å². The number of amides is 3. The monoisotopic (exact) mass is 1010 g/mol. The number of rotatable bonds is 20. The Bertz CT molecular complexity index is 2430. The number of aromatic nitrogens is 1. The number of nitrogens with zero attached hydrogens (tertiary/aromatic N) is 3. The first-order valence-electron chi connectivity index (χ1n) is 23.2. The summed E-state index contributed by atoms with van der Waals surface area (Å²) in [6, 6.07) is 8.44. The Morgan fingerprint density at radius 2 is 1.57 bits per heavy atom. The van der Waals surface area contributed by atoms with Crippen LogP contribution in [0, 0.1) is 0 Å². The van der Waals surface area contributed by atoms with Gasteiger partial charge in [0, 0.05) is 84.9 Å². The van der Waals surface area contributed by atoms with Gasteiger partial charge in [0.1, 0.15) is 12.1 Å². The zero-order valence-corrected chi connectivity index (χ0v) is 40.6. The number of fused-ring (bicyclic) bond motifs is 2. The number of carbonyl (C=O) groups is 5. The Balaban J connectivity index is 1.10. The molecular formula is C47H58F4N5O9PS2. The molecule has 1 unspecified atom stereocenters. The first-order chi connectivity index (χ1) is 32.5. The number of H-pyrrole nitrogens is 1.